The second-order valence-electron chi connectivity index (χ2n) is 5.63. The summed E-state index contributed by atoms with van der Waals surface area (Å²) in [6, 6.07) is 4.99. The van der Waals surface area contributed by atoms with Crippen LogP contribution in [0.4, 0.5) is 11.4 Å². The average Bonchev–Trinajstić information content (AvgIpc) is 2.82. The lowest BCUT2D eigenvalue weighted by Gasteiger charge is -2.14. The first-order valence-corrected chi connectivity index (χ1v) is 8.47. The van der Waals surface area contributed by atoms with Crippen molar-refractivity contribution in [2.75, 3.05) is 24.6 Å². The van der Waals surface area contributed by atoms with Crippen LogP contribution in [0, 0.1) is 11.8 Å². The number of nitrogen functional groups attached to an aromatic ring is 1. The molecule has 2 atom stereocenters. The fourth-order valence-electron chi connectivity index (χ4n) is 2.79. The first kappa shape index (κ1) is 15.1. The van der Waals surface area contributed by atoms with Gasteiger partial charge in [-0.1, -0.05) is 13.3 Å². The highest BCUT2D eigenvalue weighted by Crippen LogP contribution is 2.30. The van der Waals surface area contributed by atoms with Crippen LogP contribution < -0.4 is 15.8 Å². The minimum Gasteiger partial charge on any atom is -0.398 e. The van der Waals surface area contributed by atoms with Gasteiger partial charge in [0.05, 0.1) is 5.69 Å². The average molecular weight is 297 g/mol. The van der Waals surface area contributed by atoms with E-state index >= 15 is 0 Å². The highest BCUT2D eigenvalue weighted by molar-refractivity contribution is 7.89. The molecule has 6 heteroatoms. The van der Waals surface area contributed by atoms with Gasteiger partial charge in [0.1, 0.15) is 4.90 Å². The summed E-state index contributed by atoms with van der Waals surface area (Å²) in [6.07, 6.45) is 3.82. The van der Waals surface area contributed by atoms with Gasteiger partial charge in [0.15, 0.2) is 0 Å². The predicted octanol–water partition coefficient (Wildman–Crippen LogP) is 2.02. The lowest BCUT2D eigenvalue weighted by Crippen LogP contribution is -2.20. The standard InChI is InChI=1S/C14H23N3O2S/c1-10-3-4-11(7-10)9-17-12-5-6-14(13(15)8-12)20(18,19)16-2/h5-6,8,10-11,16-17H,3-4,7,9,15H2,1-2H3. The molecule has 1 saturated carbocycles. The Bertz CT molecular complexity index is 572. The molecule has 0 bridgehead atoms. The summed E-state index contributed by atoms with van der Waals surface area (Å²) in [7, 11) is -2.11. The van der Waals surface area contributed by atoms with Gasteiger partial charge < -0.3 is 11.1 Å². The third-order valence-electron chi connectivity index (χ3n) is 3.97. The molecule has 2 unspecified atom stereocenters. The van der Waals surface area contributed by atoms with Crippen LogP contribution in [0.25, 0.3) is 0 Å². The maximum atomic E-state index is 11.7. The maximum absolute atomic E-state index is 11.7. The number of hydrogen-bond donors (Lipinski definition) is 3. The van der Waals surface area contributed by atoms with Gasteiger partial charge >= 0.3 is 0 Å². The molecule has 1 fully saturated rings. The Morgan fingerprint density at radius 3 is 2.65 bits per heavy atom. The zero-order valence-electron chi connectivity index (χ0n) is 12.0. The van der Waals surface area contributed by atoms with Crippen molar-refractivity contribution >= 4 is 21.4 Å². The normalized spacial score (nSPS) is 22.9. The van der Waals surface area contributed by atoms with Crippen LogP contribution in [0.3, 0.4) is 0 Å². The van der Waals surface area contributed by atoms with E-state index in [9.17, 15) is 8.42 Å². The van der Waals surface area contributed by atoms with Crippen molar-refractivity contribution in [3.05, 3.63) is 18.2 Å². The Hall–Kier alpha value is -1.27. The molecule has 1 aliphatic carbocycles. The molecule has 0 spiro atoms. The molecule has 0 amide bonds. The Labute approximate surface area is 121 Å². The quantitative estimate of drug-likeness (QED) is 0.726. The van der Waals surface area contributed by atoms with E-state index in [0.717, 1.165) is 18.2 Å². The number of rotatable bonds is 5. The molecule has 112 valence electrons. The topological polar surface area (TPSA) is 84.2 Å². The van der Waals surface area contributed by atoms with Gasteiger partial charge in [0, 0.05) is 12.2 Å². The second kappa shape index (κ2) is 6.01. The molecule has 20 heavy (non-hydrogen) atoms. The van der Waals surface area contributed by atoms with Crippen LogP contribution >= 0.6 is 0 Å². The molecule has 1 aliphatic rings. The molecule has 0 saturated heterocycles. The van der Waals surface area contributed by atoms with E-state index < -0.39 is 10.0 Å². The van der Waals surface area contributed by atoms with Crippen molar-refractivity contribution in [3.63, 3.8) is 0 Å². The van der Waals surface area contributed by atoms with Crippen molar-refractivity contribution < 1.29 is 8.42 Å². The first-order valence-electron chi connectivity index (χ1n) is 6.99. The summed E-state index contributed by atoms with van der Waals surface area (Å²) in [5, 5.41) is 3.35. The molecule has 1 aromatic rings. The molecule has 0 aliphatic heterocycles. The van der Waals surface area contributed by atoms with Gasteiger partial charge in [-0.3, -0.25) is 0 Å². The molecule has 5 nitrogen and oxygen atoms in total. The Morgan fingerprint density at radius 2 is 2.10 bits per heavy atom. The summed E-state index contributed by atoms with van der Waals surface area (Å²) >= 11 is 0. The zero-order chi connectivity index (χ0) is 14.8. The van der Waals surface area contributed by atoms with Crippen LogP contribution in [0.1, 0.15) is 26.2 Å². The van der Waals surface area contributed by atoms with Crippen LogP contribution in [0.2, 0.25) is 0 Å². The summed E-state index contributed by atoms with van der Waals surface area (Å²) in [5.74, 6) is 1.52. The summed E-state index contributed by atoms with van der Waals surface area (Å²) in [4.78, 5) is 0.125. The van der Waals surface area contributed by atoms with Crippen LogP contribution in [-0.2, 0) is 10.0 Å². The number of nitrogens with one attached hydrogen (secondary N) is 2. The number of anilines is 2. The molecular weight excluding hydrogens is 274 g/mol. The number of benzene rings is 1. The number of nitrogens with two attached hydrogens (primary N) is 1. The van der Waals surface area contributed by atoms with Crippen LogP contribution in [0.15, 0.2) is 23.1 Å². The summed E-state index contributed by atoms with van der Waals surface area (Å²) in [6.45, 7) is 3.21. The van der Waals surface area contributed by atoms with Gasteiger partial charge in [0.2, 0.25) is 10.0 Å². The van der Waals surface area contributed by atoms with Gasteiger partial charge in [-0.15, -0.1) is 0 Å². The van der Waals surface area contributed by atoms with E-state index in [1.165, 1.54) is 26.3 Å². The molecule has 4 N–H and O–H groups in total. The van der Waals surface area contributed by atoms with E-state index in [2.05, 4.69) is 17.0 Å². The Morgan fingerprint density at radius 1 is 1.35 bits per heavy atom. The Balaban J connectivity index is 2.02. The molecule has 0 radical (unpaired) electrons. The molecular formula is C14H23N3O2S. The van der Waals surface area contributed by atoms with E-state index in [1.807, 2.05) is 0 Å². The fourth-order valence-corrected chi connectivity index (χ4v) is 3.62. The Kier molecular flexibility index (Phi) is 4.55. The molecule has 2 rings (SSSR count). The SMILES string of the molecule is CNS(=O)(=O)c1ccc(NCC2CCC(C)C2)cc1N. The van der Waals surface area contributed by atoms with Crippen molar-refractivity contribution in [1.29, 1.82) is 0 Å². The zero-order valence-corrected chi connectivity index (χ0v) is 12.8. The van der Waals surface area contributed by atoms with E-state index in [4.69, 9.17) is 5.73 Å². The fraction of sp³-hybridized carbons (Fsp3) is 0.571. The summed E-state index contributed by atoms with van der Waals surface area (Å²) < 4.78 is 25.7. The van der Waals surface area contributed by atoms with Crippen LogP contribution in [0.5, 0.6) is 0 Å². The molecule has 1 aromatic carbocycles. The number of hydrogen-bond acceptors (Lipinski definition) is 4. The minimum absolute atomic E-state index is 0.125. The smallest absolute Gasteiger partial charge is 0.242 e. The largest absolute Gasteiger partial charge is 0.398 e. The van der Waals surface area contributed by atoms with E-state index in [1.54, 1.807) is 18.2 Å². The lowest BCUT2D eigenvalue weighted by atomic mass is 10.1. The second-order valence-corrected chi connectivity index (χ2v) is 7.48. The van der Waals surface area contributed by atoms with E-state index in [-0.39, 0.29) is 10.6 Å². The third-order valence-corrected chi connectivity index (χ3v) is 5.45. The van der Waals surface area contributed by atoms with Crippen LogP contribution in [-0.4, -0.2) is 22.0 Å². The molecule has 0 heterocycles. The first-order chi connectivity index (χ1) is 9.42. The monoisotopic (exact) mass is 297 g/mol. The van der Waals surface area contributed by atoms with Gasteiger partial charge in [-0.2, -0.15) is 0 Å². The van der Waals surface area contributed by atoms with Crippen molar-refractivity contribution in [1.82, 2.24) is 4.72 Å². The van der Waals surface area contributed by atoms with Crippen molar-refractivity contribution in [2.24, 2.45) is 11.8 Å². The predicted molar refractivity (Wildman–Crippen MR) is 82.1 cm³/mol. The highest BCUT2D eigenvalue weighted by atomic mass is 32.2. The van der Waals surface area contributed by atoms with Gasteiger partial charge in [0.25, 0.3) is 0 Å². The molecule has 0 aromatic heterocycles. The lowest BCUT2D eigenvalue weighted by molar-refractivity contribution is 0.537. The number of sulfonamides is 1. The van der Waals surface area contributed by atoms with Gasteiger partial charge in [-0.25, -0.2) is 13.1 Å². The maximum Gasteiger partial charge on any atom is 0.242 e. The van der Waals surface area contributed by atoms with Crippen molar-refractivity contribution in [3.8, 4) is 0 Å². The summed E-state index contributed by atoms with van der Waals surface area (Å²) in [5.41, 5.74) is 6.97. The highest BCUT2D eigenvalue weighted by Gasteiger charge is 2.21. The van der Waals surface area contributed by atoms with Crippen molar-refractivity contribution in [2.45, 2.75) is 31.1 Å². The minimum atomic E-state index is -3.49. The third kappa shape index (κ3) is 3.43. The van der Waals surface area contributed by atoms with E-state index in [0.29, 0.717) is 5.92 Å². The van der Waals surface area contributed by atoms with Gasteiger partial charge in [-0.05, 0) is 49.9 Å².